The van der Waals surface area contributed by atoms with E-state index in [1.54, 1.807) is 7.11 Å². The van der Waals surface area contributed by atoms with E-state index in [4.69, 9.17) is 14.2 Å². The van der Waals surface area contributed by atoms with Crippen LogP contribution < -0.4 is 19.5 Å². The molecule has 3 rings (SSSR count). The summed E-state index contributed by atoms with van der Waals surface area (Å²) >= 11 is 1.37. The number of hydrogen-bond donors (Lipinski definition) is 1. The maximum atomic E-state index is 12.5. The lowest BCUT2D eigenvalue weighted by atomic mass is 10.2. The third-order valence-electron chi connectivity index (χ3n) is 3.45. The predicted molar refractivity (Wildman–Crippen MR) is 94.0 cm³/mol. The van der Waals surface area contributed by atoms with Gasteiger partial charge in [0.15, 0.2) is 5.13 Å². The number of amides is 1. The summed E-state index contributed by atoms with van der Waals surface area (Å²) in [6.07, 6.45) is 0. The lowest BCUT2D eigenvalue weighted by molar-refractivity contribution is 0.102. The Morgan fingerprint density at radius 1 is 1.08 bits per heavy atom. The first-order valence-electron chi connectivity index (χ1n) is 7.28. The number of nitrogens with zero attached hydrogens (tertiary/aromatic N) is 3. The van der Waals surface area contributed by atoms with Crippen molar-refractivity contribution in [1.82, 2.24) is 15.0 Å². The van der Waals surface area contributed by atoms with Gasteiger partial charge in [-0.15, -0.1) is 0 Å². The van der Waals surface area contributed by atoms with Gasteiger partial charge in [0.2, 0.25) is 5.88 Å². The third-order valence-corrected chi connectivity index (χ3v) is 4.56. The molecule has 0 bridgehead atoms. The van der Waals surface area contributed by atoms with Gasteiger partial charge < -0.3 is 14.2 Å². The number of thiazole rings is 1. The fraction of sp³-hybridized carbons (Fsp3) is 0.250. The van der Waals surface area contributed by atoms with Crippen molar-refractivity contribution in [2.45, 2.75) is 6.92 Å². The highest BCUT2D eigenvalue weighted by molar-refractivity contribution is 7.22. The van der Waals surface area contributed by atoms with Crippen molar-refractivity contribution in [2.75, 3.05) is 26.6 Å². The minimum Gasteiger partial charge on any atom is -0.494 e. The van der Waals surface area contributed by atoms with E-state index < -0.39 is 5.91 Å². The molecule has 0 saturated heterocycles. The van der Waals surface area contributed by atoms with Crippen LogP contribution in [-0.2, 0) is 0 Å². The van der Waals surface area contributed by atoms with Crippen LogP contribution in [0.3, 0.4) is 0 Å². The third kappa shape index (κ3) is 3.31. The number of carbonyl (C=O) groups is 1. The van der Waals surface area contributed by atoms with E-state index in [1.165, 1.54) is 31.6 Å². The largest absolute Gasteiger partial charge is 0.494 e. The molecule has 0 saturated carbocycles. The minimum atomic E-state index is -0.435. The monoisotopic (exact) mass is 360 g/mol. The molecule has 9 heteroatoms. The molecule has 0 aliphatic carbocycles. The summed E-state index contributed by atoms with van der Waals surface area (Å²) < 4.78 is 16.3. The number of hydrogen-bond acceptors (Lipinski definition) is 8. The van der Waals surface area contributed by atoms with Crippen molar-refractivity contribution in [2.24, 2.45) is 0 Å². The summed E-state index contributed by atoms with van der Waals surface area (Å²) in [6, 6.07) is 5.27. The Labute approximate surface area is 147 Å². The summed E-state index contributed by atoms with van der Waals surface area (Å²) in [6.45, 7) is 1.98. The van der Waals surface area contributed by atoms with Crippen LogP contribution in [0.4, 0.5) is 5.13 Å². The molecular formula is C16H16N4O4S. The van der Waals surface area contributed by atoms with Crippen molar-refractivity contribution in [3.05, 3.63) is 29.5 Å². The Hall–Kier alpha value is -2.94. The molecule has 0 atom stereocenters. The quantitative estimate of drug-likeness (QED) is 0.747. The number of fused-ring (bicyclic) bond motifs is 1. The van der Waals surface area contributed by atoms with Gasteiger partial charge in [0, 0.05) is 6.07 Å². The fourth-order valence-electron chi connectivity index (χ4n) is 2.21. The molecule has 0 radical (unpaired) electrons. The fourth-order valence-corrected chi connectivity index (χ4v) is 3.15. The zero-order valence-corrected chi connectivity index (χ0v) is 14.9. The van der Waals surface area contributed by atoms with Gasteiger partial charge in [-0.2, -0.15) is 9.97 Å². The van der Waals surface area contributed by atoms with Crippen molar-refractivity contribution in [3.63, 3.8) is 0 Å². The highest BCUT2D eigenvalue weighted by atomic mass is 32.1. The smallest absolute Gasteiger partial charge is 0.320 e. The van der Waals surface area contributed by atoms with Gasteiger partial charge >= 0.3 is 6.01 Å². The Bertz CT molecular complexity index is 919. The summed E-state index contributed by atoms with van der Waals surface area (Å²) in [4.78, 5) is 24.9. The number of ether oxygens (including phenoxy) is 3. The molecule has 130 valence electrons. The van der Waals surface area contributed by atoms with Crippen molar-refractivity contribution < 1.29 is 19.0 Å². The lowest BCUT2D eigenvalue weighted by Gasteiger charge is -2.05. The first-order valence-corrected chi connectivity index (χ1v) is 8.10. The van der Waals surface area contributed by atoms with Crippen LogP contribution in [0.25, 0.3) is 10.2 Å². The molecule has 2 heterocycles. The van der Waals surface area contributed by atoms with Crippen LogP contribution in [0.5, 0.6) is 17.6 Å². The van der Waals surface area contributed by atoms with Gasteiger partial charge in [0.05, 0.1) is 26.0 Å². The molecule has 0 aliphatic rings. The van der Waals surface area contributed by atoms with Gasteiger partial charge in [-0.25, -0.2) is 4.98 Å². The standard InChI is InChI=1S/C16H16N4O4S/c1-8-5-6-10(22-2)12-13(8)25-16(19-12)20-14(21)9-7-11(23-3)18-15(17-9)24-4/h5-7H,1-4H3,(H,19,20,21). The van der Waals surface area contributed by atoms with Crippen molar-refractivity contribution in [3.8, 4) is 17.6 Å². The van der Waals surface area contributed by atoms with Gasteiger partial charge in [0.25, 0.3) is 5.91 Å². The minimum absolute atomic E-state index is 0.0475. The zero-order valence-electron chi connectivity index (χ0n) is 14.1. The highest BCUT2D eigenvalue weighted by Crippen LogP contribution is 2.34. The molecule has 1 aromatic carbocycles. The van der Waals surface area contributed by atoms with Crippen LogP contribution in [0, 0.1) is 6.92 Å². The van der Waals surface area contributed by atoms with Gasteiger partial charge in [0.1, 0.15) is 17.0 Å². The lowest BCUT2D eigenvalue weighted by Crippen LogP contribution is -2.14. The molecule has 0 fully saturated rings. The maximum absolute atomic E-state index is 12.5. The summed E-state index contributed by atoms with van der Waals surface area (Å²) in [5.74, 6) is 0.455. The second-order valence-electron chi connectivity index (χ2n) is 5.02. The van der Waals surface area contributed by atoms with Gasteiger partial charge in [-0.05, 0) is 18.6 Å². The van der Waals surface area contributed by atoms with Crippen LogP contribution >= 0.6 is 11.3 Å². The molecular weight excluding hydrogens is 344 g/mol. The van der Waals surface area contributed by atoms with Gasteiger partial charge in [-0.1, -0.05) is 17.4 Å². The number of aromatic nitrogens is 3. The normalized spacial score (nSPS) is 10.6. The molecule has 0 aliphatic heterocycles. The molecule has 1 amide bonds. The molecule has 3 aromatic rings. The van der Waals surface area contributed by atoms with E-state index in [1.807, 2.05) is 19.1 Å². The van der Waals surface area contributed by atoms with Crippen LogP contribution in [0.1, 0.15) is 16.1 Å². The molecule has 2 aromatic heterocycles. The highest BCUT2D eigenvalue weighted by Gasteiger charge is 2.17. The Morgan fingerprint density at radius 2 is 1.88 bits per heavy atom. The zero-order chi connectivity index (χ0) is 18.0. The second kappa shape index (κ2) is 6.89. The van der Waals surface area contributed by atoms with Crippen molar-refractivity contribution in [1.29, 1.82) is 0 Å². The molecule has 0 spiro atoms. The second-order valence-corrected chi connectivity index (χ2v) is 6.02. The van der Waals surface area contributed by atoms with E-state index in [2.05, 4.69) is 20.3 Å². The van der Waals surface area contributed by atoms with E-state index >= 15 is 0 Å². The number of methoxy groups -OCH3 is 3. The number of carbonyl (C=O) groups excluding carboxylic acids is 1. The Balaban J connectivity index is 1.93. The molecule has 0 unspecified atom stereocenters. The summed E-state index contributed by atoms with van der Waals surface area (Å²) in [5.41, 5.74) is 1.88. The average Bonchev–Trinajstić information content (AvgIpc) is 3.06. The first-order chi connectivity index (χ1) is 12.0. The Morgan fingerprint density at radius 3 is 2.56 bits per heavy atom. The average molecular weight is 360 g/mol. The van der Waals surface area contributed by atoms with E-state index in [0.717, 1.165) is 10.3 Å². The van der Waals surface area contributed by atoms with E-state index in [-0.39, 0.29) is 17.6 Å². The maximum Gasteiger partial charge on any atom is 0.320 e. The van der Waals surface area contributed by atoms with Crippen LogP contribution in [-0.4, -0.2) is 42.2 Å². The van der Waals surface area contributed by atoms with Crippen molar-refractivity contribution >= 4 is 32.6 Å². The predicted octanol–water partition coefficient (Wildman–Crippen LogP) is 2.67. The van der Waals surface area contributed by atoms with E-state index in [9.17, 15) is 4.79 Å². The number of nitrogens with one attached hydrogen (secondary N) is 1. The van der Waals surface area contributed by atoms with Crippen LogP contribution in [0.2, 0.25) is 0 Å². The number of anilines is 1. The number of benzene rings is 1. The van der Waals surface area contributed by atoms with Gasteiger partial charge in [-0.3, -0.25) is 10.1 Å². The number of aryl methyl sites for hydroxylation is 1. The summed E-state index contributed by atoms with van der Waals surface area (Å²) in [5, 5.41) is 3.19. The Kier molecular flexibility index (Phi) is 4.66. The summed E-state index contributed by atoms with van der Waals surface area (Å²) in [7, 11) is 4.45. The molecule has 8 nitrogen and oxygen atoms in total. The van der Waals surface area contributed by atoms with Crippen LogP contribution in [0.15, 0.2) is 18.2 Å². The molecule has 1 N–H and O–H groups in total. The molecule has 25 heavy (non-hydrogen) atoms. The topological polar surface area (TPSA) is 95.5 Å². The van der Waals surface area contributed by atoms with E-state index in [0.29, 0.717) is 16.4 Å². The SMILES string of the molecule is COc1cc(C(=O)Nc2nc3c(OC)ccc(C)c3s2)nc(OC)n1. The number of rotatable bonds is 5. The first kappa shape index (κ1) is 16.9.